The van der Waals surface area contributed by atoms with Gasteiger partial charge in [-0.3, -0.25) is 4.72 Å². The third kappa shape index (κ3) is 3.71. The van der Waals surface area contributed by atoms with Gasteiger partial charge in [-0.2, -0.15) is 12.7 Å². The van der Waals surface area contributed by atoms with Gasteiger partial charge in [0.25, 0.3) is 0 Å². The summed E-state index contributed by atoms with van der Waals surface area (Å²) in [5.74, 6) is 0. The first kappa shape index (κ1) is 15.7. The van der Waals surface area contributed by atoms with Crippen LogP contribution in [0.4, 0.5) is 5.69 Å². The maximum absolute atomic E-state index is 12.4. The van der Waals surface area contributed by atoms with Gasteiger partial charge in [-0.1, -0.05) is 19.3 Å². The molecule has 0 aliphatic heterocycles. The van der Waals surface area contributed by atoms with E-state index in [0.29, 0.717) is 16.0 Å². The number of pyridine rings is 1. The molecule has 1 heterocycles. The number of aryl methyl sites for hydroxylation is 1. The normalized spacial score (nSPS) is 17.4. The Hall–Kier alpha value is -0.660. The summed E-state index contributed by atoms with van der Waals surface area (Å²) < 4.78 is 29.6. The van der Waals surface area contributed by atoms with E-state index in [2.05, 4.69) is 25.6 Å². The number of anilines is 1. The first-order valence-electron chi connectivity index (χ1n) is 6.79. The average Bonchev–Trinajstić information content (AvgIpc) is 2.42. The molecule has 1 fully saturated rings. The molecule has 1 N–H and O–H groups in total. The van der Waals surface area contributed by atoms with Crippen LogP contribution < -0.4 is 4.72 Å². The lowest BCUT2D eigenvalue weighted by atomic mass is 9.96. The van der Waals surface area contributed by atoms with Crippen molar-refractivity contribution in [1.82, 2.24) is 9.29 Å². The highest BCUT2D eigenvalue weighted by molar-refractivity contribution is 9.10. The lowest BCUT2D eigenvalue weighted by molar-refractivity contribution is 0.287. The number of hydrogen-bond donors (Lipinski definition) is 1. The highest BCUT2D eigenvalue weighted by Gasteiger charge is 2.27. The highest BCUT2D eigenvalue weighted by Crippen LogP contribution is 2.25. The van der Waals surface area contributed by atoms with Gasteiger partial charge in [0.15, 0.2) is 0 Å². The fourth-order valence-electron chi connectivity index (χ4n) is 2.49. The Morgan fingerprint density at radius 3 is 2.55 bits per heavy atom. The van der Waals surface area contributed by atoms with E-state index in [9.17, 15) is 8.42 Å². The van der Waals surface area contributed by atoms with Crippen LogP contribution in [0, 0.1) is 6.92 Å². The van der Waals surface area contributed by atoms with Gasteiger partial charge in [0, 0.05) is 13.1 Å². The Morgan fingerprint density at radius 2 is 1.95 bits per heavy atom. The molecule has 5 nitrogen and oxygen atoms in total. The molecule has 0 aromatic carbocycles. The zero-order valence-corrected chi connectivity index (χ0v) is 14.2. The topological polar surface area (TPSA) is 62.3 Å². The lowest BCUT2D eigenvalue weighted by Crippen LogP contribution is -2.41. The number of nitrogens with zero attached hydrogens (tertiary/aromatic N) is 2. The van der Waals surface area contributed by atoms with Gasteiger partial charge in [0.1, 0.15) is 4.60 Å². The van der Waals surface area contributed by atoms with Crippen molar-refractivity contribution in [1.29, 1.82) is 0 Å². The first-order valence-corrected chi connectivity index (χ1v) is 9.02. The quantitative estimate of drug-likeness (QED) is 0.838. The van der Waals surface area contributed by atoms with E-state index in [4.69, 9.17) is 0 Å². The number of aromatic nitrogens is 1. The van der Waals surface area contributed by atoms with E-state index in [1.165, 1.54) is 10.7 Å². The van der Waals surface area contributed by atoms with Crippen molar-refractivity contribution in [3.63, 3.8) is 0 Å². The summed E-state index contributed by atoms with van der Waals surface area (Å²) >= 11 is 3.27. The monoisotopic (exact) mass is 361 g/mol. The Labute approximate surface area is 129 Å². The van der Waals surface area contributed by atoms with Crippen molar-refractivity contribution in [2.75, 3.05) is 11.8 Å². The largest absolute Gasteiger partial charge is 0.301 e. The van der Waals surface area contributed by atoms with Gasteiger partial charge in [-0.25, -0.2) is 4.98 Å². The molecule has 112 valence electrons. The lowest BCUT2D eigenvalue weighted by Gasteiger charge is -2.30. The molecule has 0 spiro atoms. The highest BCUT2D eigenvalue weighted by atomic mass is 79.9. The zero-order chi connectivity index (χ0) is 14.8. The summed E-state index contributed by atoms with van der Waals surface area (Å²) in [6.45, 7) is 1.78. The molecular weight excluding hydrogens is 342 g/mol. The van der Waals surface area contributed by atoms with Crippen LogP contribution >= 0.6 is 15.9 Å². The minimum atomic E-state index is -3.52. The van der Waals surface area contributed by atoms with Crippen molar-refractivity contribution in [3.05, 3.63) is 22.4 Å². The molecule has 1 aromatic rings. The Bertz CT molecular complexity index is 571. The van der Waals surface area contributed by atoms with Crippen molar-refractivity contribution in [3.8, 4) is 0 Å². The smallest absolute Gasteiger partial charge is 0.269 e. The minimum Gasteiger partial charge on any atom is -0.269 e. The molecule has 1 aliphatic carbocycles. The van der Waals surface area contributed by atoms with Crippen LogP contribution in [0.3, 0.4) is 0 Å². The van der Waals surface area contributed by atoms with Gasteiger partial charge < -0.3 is 0 Å². The molecule has 0 saturated heterocycles. The fourth-order valence-corrected chi connectivity index (χ4v) is 4.13. The van der Waals surface area contributed by atoms with E-state index in [1.807, 2.05) is 0 Å². The second-order valence-corrected chi connectivity index (χ2v) is 7.72. The molecule has 2 rings (SSSR count). The van der Waals surface area contributed by atoms with Crippen LogP contribution in [0.15, 0.2) is 16.7 Å². The summed E-state index contributed by atoms with van der Waals surface area (Å²) in [6, 6.07) is 3.55. The van der Waals surface area contributed by atoms with Gasteiger partial charge in [0.2, 0.25) is 0 Å². The van der Waals surface area contributed by atoms with Crippen LogP contribution in [0.2, 0.25) is 0 Å². The van der Waals surface area contributed by atoms with Crippen molar-refractivity contribution >= 4 is 31.8 Å². The SMILES string of the molecule is Cc1nc(Br)ccc1NS(=O)(=O)N(C)C1CCCCC1. The van der Waals surface area contributed by atoms with Crippen LogP contribution in [-0.4, -0.2) is 30.8 Å². The van der Waals surface area contributed by atoms with Crippen molar-refractivity contribution in [2.24, 2.45) is 0 Å². The average molecular weight is 362 g/mol. The molecule has 20 heavy (non-hydrogen) atoms. The van der Waals surface area contributed by atoms with Gasteiger partial charge >= 0.3 is 10.2 Å². The first-order chi connectivity index (χ1) is 9.40. The summed E-state index contributed by atoms with van der Waals surface area (Å²) in [6.07, 6.45) is 5.28. The molecule has 1 aromatic heterocycles. The summed E-state index contributed by atoms with van der Waals surface area (Å²) in [4.78, 5) is 4.20. The predicted octanol–water partition coefficient (Wildman–Crippen LogP) is 3.07. The van der Waals surface area contributed by atoms with Crippen LogP contribution in [0.5, 0.6) is 0 Å². The Balaban J connectivity index is 2.13. The molecule has 0 bridgehead atoms. The Kier molecular flexibility index (Phi) is 5.04. The standard InChI is InChI=1S/C13H20BrN3O2S/c1-10-12(8-9-13(14)15-10)16-20(18,19)17(2)11-6-4-3-5-7-11/h8-9,11,16H,3-7H2,1-2H3. The Morgan fingerprint density at radius 1 is 1.30 bits per heavy atom. The number of halogens is 1. The molecule has 0 atom stereocenters. The fraction of sp³-hybridized carbons (Fsp3) is 0.615. The van der Waals surface area contributed by atoms with E-state index >= 15 is 0 Å². The molecule has 1 saturated carbocycles. The summed E-state index contributed by atoms with van der Waals surface area (Å²) in [7, 11) is -1.87. The van der Waals surface area contributed by atoms with E-state index in [0.717, 1.165) is 25.7 Å². The zero-order valence-electron chi connectivity index (χ0n) is 11.8. The second kappa shape index (κ2) is 6.41. The van der Waals surface area contributed by atoms with Crippen LogP contribution in [0.1, 0.15) is 37.8 Å². The van der Waals surface area contributed by atoms with E-state index in [1.54, 1.807) is 26.1 Å². The van der Waals surface area contributed by atoms with Crippen LogP contribution in [0.25, 0.3) is 0 Å². The van der Waals surface area contributed by atoms with E-state index in [-0.39, 0.29) is 6.04 Å². The summed E-state index contributed by atoms with van der Waals surface area (Å²) in [5.41, 5.74) is 1.18. The van der Waals surface area contributed by atoms with Crippen molar-refractivity contribution in [2.45, 2.75) is 45.1 Å². The molecule has 0 amide bonds. The van der Waals surface area contributed by atoms with Gasteiger partial charge in [-0.05, 0) is 47.8 Å². The number of rotatable bonds is 4. The third-order valence-corrected chi connectivity index (χ3v) is 5.73. The number of hydrogen-bond acceptors (Lipinski definition) is 3. The molecule has 0 radical (unpaired) electrons. The third-order valence-electron chi connectivity index (χ3n) is 3.76. The minimum absolute atomic E-state index is 0.102. The molecule has 7 heteroatoms. The summed E-state index contributed by atoms with van der Waals surface area (Å²) in [5, 5.41) is 0. The van der Waals surface area contributed by atoms with Crippen LogP contribution in [-0.2, 0) is 10.2 Å². The number of nitrogens with one attached hydrogen (secondary N) is 1. The van der Waals surface area contributed by atoms with E-state index < -0.39 is 10.2 Å². The maximum atomic E-state index is 12.4. The molecule has 0 unspecified atom stereocenters. The van der Waals surface area contributed by atoms with Gasteiger partial charge in [0.05, 0.1) is 11.4 Å². The molecular formula is C13H20BrN3O2S. The van der Waals surface area contributed by atoms with Gasteiger partial charge in [-0.15, -0.1) is 0 Å². The predicted molar refractivity (Wildman–Crippen MR) is 83.9 cm³/mol. The van der Waals surface area contributed by atoms with Crippen molar-refractivity contribution < 1.29 is 8.42 Å². The molecule has 1 aliphatic rings. The second-order valence-electron chi connectivity index (χ2n) is 5.18. The maximum Gasteiger partial charge on any atom is 0.301 e.